The molecule has 0 bridgehead atoms. The highest BCUT2D eigenvalue weighted by atomic mass is 32.2. The van der Waals surface area contributed by atoms with Crippen LogP contribution in [0, 0.1) is 0 Å². The number of piperazine rings is 1. The molecular formula is C23H28N6O4S. The van der Waals surface area contributed by atoms with E-state index in [2.05, 4.69) is 14.8 Å². The van der Waals surface area contributed by atoms with Crippen molar-refractivity contribution in [2.75, 3.05) is 73.7 Å². The standard InChI is InChI=1S/C23H28N6O4S/c30-21-2-1-17-15-19(16-18-4-6-29(21)22(17)18)34(31,32)28-9-7-26(8-10-28)20-3-5-24-23(25-20)27-11-13-33-14-12-27/h3,5,15-16H,1-2,4,6-14H2. The molecule has 4 aliphatic heterocycles. The molecule has 180 valence electrons. The van der Waals surface area contributed by atoms with E-state index < -0.39 is 10.0 Å². The minimum Gasteiger partial charge on any atom is -0.378 e. The molecule has 1 aromatic carbocycles. The quantitative estimate of drug-likeness (QED) is 0.624. The summed E-state index contributed by atoms with van der Waals surface area (Å²) < 4.78 is 34.0. The highest BCUT2D eigenvalue weighted by Gasteiger charge is 2.35. The largest absolute Gasteiger partial charge is 0.378 e. The van der Waals surface area contributed by atoms with Crippen LogP contribution in [0.15, 0.2) is 29.3 Å². The Balaban J connectivity index is 1.18. The molecule has 11 heteroatoms. The van der Waals surface area contributed by atoms with Crippen molar-refractivity contribution in [3.63, 3.8) is 0 Å². The predicted octanol–water partition coefficient (Wildman–Crippen LogP) is 0.659. The van der Waals surface area contributed by atoms with Gasteiger partial charge in [-0.15, -0.1) is 0 Å². The van der Waals surface area contributed by atoms with Crippen LogP contribution < -0.4 is 14.7 Å². The van der Waals surface area contributed by atoms with Crippen LogP contribution in [0.4, 0.5) is 17.5 Å². The summed E-state index contributed by atoms with van der Waals surface area (Å²) in [6, 6.07) is 5.44. The van der Waals surface area contributed by atoms with Crippen molar-refractivity contribution in [2.24, 2.45) is 0 Å². The molecule has 4 aliphatic rings. The Hall–Kier alpha value is -2.76. The van der Waals surface area contributed by atoms with E-state index in [1.54, 1.807) is 22.6 Å². The van der Waals surface area contributed by atoms with E-state index in [1.165, 1.54) is 0 Å². The summed E-state index contributed by atoms with van der Waals surface area (Å²) in [4.78, 5) is 27.7. The number of aromatic nitrogens is 2. The molecule has 10 nitrogen and oxygen atoms in total. The number of amides is 1. The molecule has 0 spiro atoms. The molecule has 0 saturated carbocycles. The van der Waals surface area contributed by atoms with E-state index in [-0.39, 0.29) is 5.91 Å². The van der Waals surface area contributed by atoms with Crippen molar-refractivity contribution in [1.29, 1.82) is 0 Å². The molecule has 0 N–H and O–H groups in total. The third kappa shape index (κ3) is 3.71. The molecule has 1 amide bonds. The summed E-state index contributed by atoms with van der Waals surface area (Å²) >= 11 is 0. The van der Waals surface area contributed by atoms with Crippen LogP contribution in [0.2, 0.25) is 0 Å². The lowest BCUT2D eigenvalue weighted by molar-refractivity contribution is -0.118. The third-order valence-electron chi connectivity index (χ3n) is 7.15. The Labute approximate surface area is 199 Å². The van der Waals surface area contributed by atoms with Crippen molar-refractivity contribution in [3.05, 3.63) is 35.5 Å². The molecule has 0 aliphatic carbocycles. The molecule has 2 fully saturated rings. The summed E-state index contributed by atoms with van der Waals surface area (Å²) in [5.74, 6) is 1.65. The van der Waals surface area contributed by atoms with Gasteiger partial charge in [0.15, 0.2) is 0 Å². The van der Waals surface area contributed by atoms with Crippen LogP contribution in [0.5, 0.6) is 0 Å². The fourth-order valence-electron chi connectivity index (χ4n) is 5.31. The van der Waals surface area contributed by atoms with Crippen LogP contribution in [0.1, 0.15) is 17.5 Å². The second-order valence-corrected chi connectivity index (χ2v) is 11.0. The Bertz CT molecular complexity index is 1220. The van der Waals surface area contributed by atoms with Crippen LogP contribution in [0.3, 0.4) is 0 Å². The number of sulfonamides is 1. The first-order valence-corrected chi connectivity index (χ1v) is 13.3. The fourth-order valence-corrected chi connectivity index (χ4v) is 6.84. The molecule has 2 saturated heterocycles. The van der Waals surface area contributed by atoms with Crippen molar-refractivity contribution >= 4 is 33.4 Å². The third-order valence-corrected chi connectivity index (χ3v) is 9.02. The zero-order valence-electron chi connectivity index (χ0n) is 19.0. The van der Waals surface area contributed by atoms with E-state index in [4.69, 9.17) is 9.72 Å². The van der Waals surface area contributed by atoms with Gasteiger partial charge in [0.1, 0.15) is 5.82 Å². The van der Waals surface area contributed by atoms with Crippen LogP contribution in [-0.4, -0.2) is 87.6 Å². The lowest BCUT2D eigenvalue weighted by atomic mass is 10.00. The highest BCUT2D eigenvalue weighted by molar-refractivity contribution is 7.89. The van der Waals surface area contributed by atoms with Crippen molar-refractivity contribution < 1.29 is 17.9 Å². The maximum absolute atomic E-state index is 13.5. The topological polar surface area (TPSA) is 99.2 Å². The maximum Gasteiger partial charge on any atom is 0.243 e. The van der Waals surface area contributed by atoms with Gasteiger partial charge in [-0.25, -0.2) is 13.4 Å². The van der Waals surface area contributed by atoms with Gasteiger partial charge in [-0.05, 0) is 42.2 Å². The molecule has 6 rings (SSSR count). The lowest BCUT2D eigenvalue weighted by Gasteiger charge is -2.35. The number of hydrogen-bond donors (Lipinski definition) is 0. The Morgan fingerprint density at radius 2 is 1.59 bits per heavy atom. The lowest BCUT2D eigenvalue weighted by Crippen LogP contribution is -2.49. The van der Waals surface area contributed by atoms with E-state index in [1.807, 2.05) is 11.0 Å². The van der Waals surface area contributed by atoms with Gasteiger partial charge < -0.3 is 19.4 Å². The van der Waals surface area contributed by atoms with E-state index >= 15 is 0 Å². The molecule has 1 aromatic heterocycles. The predicted molar refractivity (Wildman–Crippen MR) is 127 cm³/mol. The molecule has 5 heterocycles. The van der Waals surface area contributed by atoms with E-state index in [0.717, 1.165) is 35.7 Å². The molecular weight excluding hydrogens is 456 g/mol. The molecule has 34 heavy (non-hydrogen) atoms. The first kappa shape index (κ1) is 21.8. The van der Waals surface area contributed by atoms with Crippen molar-refractivity contribution in [3.8, 4) is 0 Å². The highest BCUT2D eigenvalue weighted by Crippen LogP contribution is 2.39. The first-order valence-electron chi connectivity index (χ1n) is 11.9. The summed E-state index contributed by atoms with van der Waals surface area (Å²) in [6.45, 7) is 5.46. The van der Waals surface area contributed by atoms with Gasteiger partial charge in [0.2, 0.25) is 21.9 Å². The minimum absolute atomic E-state index is 0.138. The normalized spacial score (nSPS) is 21.2. The molecule has 2 aromatic rings. The number of nitrogens with zero attached hydrogens (tertiary/aromatic N) is 6. The van der Waals surface area contributed by atoms with E-state index in [0.29, 0.717) is 76.0 Å². The van der Waals surface area contributed by atoms with Crippen molar-refractivity contribution in [1.82, 2.24) is 14.3 Å². The number of aryl methyl sites for hydroxylation is 1. The second kappa shape index (κ2) is 8.47. The SMILES string of the molecule is O=C1CCc2cc(S(=O)(=O)N3CCN(c4ccnc(N5CCOCC5)n4)CC3)cc3c2N1CC3. The average molecular weight is 485 g/mol. The summed E-state index contributed by atoms with van der Waals surface area (Å²) in [7, 11) is -3.61. The number of ether oxygens (including phenoxy) is 1. The van der Waals surface area contributed by atoms with Gasteiger partial charge in [0, 0.05) is 58.4 Å². The van der Waals surface area contributed by atoms with E-state index in [9.17, 15) is 13.2 Å². The number of hydrogen-bond acceptors (Lipinski definition) is 8. The summed E-state index contributed by atoms with van der Waals surface area (Å²) in [5.41, 5.74) is 2.89. The Morgan fingerprint density at radius 1 is 0.853 bits per heavy atom. The summed E-state index contributed by atoms with van der Waals surface area (Å²) in [6.07, 6.45) is 3.53. The summed E-state index contributed by atoms with van der Waals surface area (Å²) in [5, 5.41) is 0. The zero-order valence-corrected chi connectivity index (χ0v) is 19.8. The second-order valence-electron chi connectivity index (χ2n) is 9.09. The molecule has 0 unspecified atom stereocenters. The number of carbonyl (C=O) groups is 1. The minimum atomic E-state index is -3.61. The smallest absolute Gasteiger partial charge is 0.243 e. The maximum atomic E-state index is 13.5. The first-order chi connectivity index (χ1) is 16.5. The number of carbonyl (C=O) groups excluding carboxylic acids is 1. The van der Waals surface area contributed by atoms with Crippen LogP contribution >= 0.6 is 0 Å². The van der Waals surface area contributed by atoms with Crippen LogP contribution in [0.25, 0.3) is 0 Å². The number of rotatable bonds is 4. The molecule has 0 radical (unpaired) electrons. The van der Waals surface area contributed by atoms with Gasteiger partial charge in [-0.1, -0.05) is 0 Å². The van der Waals surface area contributed by atoms with Gasteiger partial charge in [-0.3, -0.25) is 4.79 Å². The zero-order chi connectivity index (χ0) is 23.3. The average Bonchev–Trinajstić information content (AvgIpc) is 3.32. The number of anilines is 3. The van der Waals surface area contributed by atoms with Crippen molar-refractivity contribution in [2.45, 2.75) is 24.2 Å². The van der Waals surface area contributed by atoms with Gasteiger partial charge in [0.25, 0.3) is 0 Å². The van der Waals surface area contributed by atoms with Crippen LogP contribution in [-0.2, 0) is 32.4 Å². The van der Waals surface area contributed by atoms with Gasteiger partial charge >= 0.3 is 0 Å². The Morgan fingerprint density at radius 3 is 2.35 bits per heavy atom. The number of benzene rings is 1. The Kier molecular flexibility index (Phi) is 5.42. The number of morpholine rings is 1. The molecule has 0 atom stereocenters. The van der Waals surface area contributed by atoms with Gasteiger partial charge in [-0.2, -0.15) is 9.29 Å². The monoisotopic (exact) mass is 484 g/mol. The fraction of sp³-hybridized carbons (Fsp3) is 0.522. The van der Waals surface area contributed by atoms with Gasteiger partial charge in [0.05, 0.1) is 23.8 Å².